The van der Waals surface area contributed by atoms with Crippen LogP contribution in [0.5, 0.6) is 5.75 Å². The molecule has 176 valence electrons. The molecular weight excluding hydrogens is 563 g/mol. The molecule has 7 nitrogen and oxygen atoms in total. The van der Waals surface area contributed by atoms with Gasteiger partial charge in [0.2, 0.25) is 0 Å². The van der Waals surface area contributed by atoms with Crippen LogP contribution in [0.4, 0.5) is 10.1 Å². The Bertz CT molecular complexity index is 1040. The van der Waals surface area contributed by atoms with E-state index >= 15 is 0 Å². The Balaban J connectivity index is 1.61. The second-order valence-corrected chi connectivity index (χ2v) is 9.27. The van der Waals surface area contributed by atoms with Gasteiger partial charge in [0, 0.05) is 23.7 Å². The standard InChI is InChI=1S/C23H23Br2FN2O5/c1-2-20(29)33-21(30)11-27-23(31)14-8-18(24)22(19(25)9-14)32-12-13-6-15(26)10-17(7-13)28-16-4-3-5-16/h6-10,16,28H,2-5,11-12H2,1H3,(H,27,31). The van der Waals surface area contributed by atoms with E-state index in [9.17, 15) is 18.8 Å². The summed E-state index contributed by atoms with van der Waals surface area (Å²) >= 11 is 6.77. The molecule has 0 atom stereocenters. The van der Waals surface area contributed by atoms with Crippen molar-refractivity contribution >= 4 is 55.4 Å². The van der Waals surface area contributed by atoms with Gasteiger partial charge in [0.05, 0.1) is 8.95 Å². The number of ether oxygens (including phenoxy) is 2. The fraction of sp³-hybridized carbons (Fsp3) is 0.348. The Labute approximate surface area is 207 Å². The van der Waals surface area contributed by atoms with Crippen LogP contribution in [0.3, 0.4) is 0 Å². The Kier molecular flexibility index (Phi) is 8.85. The summed E-state index contributed by atoms with van der Waals surface area (Å²) in [5.74, 6) is -1.93. The van der Waals surface area contributed by atoms with E-state index in [4.69, 9.17) is 4.74 Å². The second kappa shape index (κ2) is 11.6. The minimum Gasteiger partial charge on any atom is -0.487 e. The first-order chi connectivity index (χ1) is 15.7. The summed E-state index contributed by atoms with van der Waals surface area (Å²) < 4.78 is 25.4. The molecule has 0 aliphatic heterocycles. The molecule has 33 heavy (non-hydrogen) atoms. The van der Waals surface area contributed by atoms with Crippen LogP contribution in [0.2, 0.25) is 0 Å². The molecule has 2 aromatic rings. The normalized spacial score (nSPS) is 13.1. The number of amides is 1. The van der Waals surface area contributed by atoms with Gasteiger partial charge in [-0.15, -0.1) is 0 Å². The van der Waals surface area contributed by atoms with Crippen molar-refractivity contribution < 1.29 is 28.2 Å². The van der Waals surface area contributed by atoms with Gasteiger partial charge in [0.25, 0.3) is 5.91 Å². The van der Waals surface area contributed by atoms with Gasteiger partial charge in [-0.1, -0.05) is 6.92 Å². The number of benzene rings is 2. The van der Waals surface area contributed by atoms with Crippen LogP contribution in [0.1, 0.15) is 48.5 Å². The van der Waals surface area contributed by atoms with Gasteiger partial charge in [0.1, 0.15) is 24.7 Å². The third-order valence-corrected chi connectivity index (χ3v) is 6.16. The average molecular weight is 586 g/mol. The van der Waals surface area contributed by atoms with Crippen LogP contribution in [0, 0.1) is 5.82 Å². The number of nitrogens with one attached hydrogen (secondary N) is 2. The Morgan fingerprint density at radius 2 is 1.76 bits per heavy atom. The molecule has 0 spiro atoms. The van der Waals surface area contributed by atoms with Crippen molar-refractivity contribution in [1.29, 1.82) is 0 Å². The average Bonchev–Trinajstić information content (AvgIpc) is 2.73. The van der Waals surface area contributed by atoms with E-state index in [1.165, 1.54) is 30.7 Å². The van der Waals surface area contributed by atoms with E-state index in [2.05, 4.69) is 47.2 Å². The maximum absolute atomic E-state index is 14.0. The highest BCUT2D eigenvalue weighted by Gasteiger charge is 2.18. The zero-order valence-corrected chi connectivity index (χ0v) is 21.1. The van der Waals surface area contributed by atoms with Crippen LogP contribution in [0.25, 0.3) is 0 Å². The molecule has 0 heterocycles. The SMILES string of the molecule is CCC(=O)OC(=O)CNC(=O)c1cc(Br)c(OCc2cc(F)cc(NC3CCC3)c2)c(Br)c1. The first-order valence-corrected chi connectivity index (χ1v) is 12.0. The van der Waals surface area contributed by atoms with Crippen LogP contribution < -0.4 is 15.4 Å². The van der Waals surface area contributed by atoms with Crippen molar-refractivity contribution in [2.24, 2.45) is 0 Å². The lowest BCUT2D eigenvalue weighted by Crippen LogP contribution is -2.31. The molecule has 0 saturated heterocycles. The number of hydrogen-bond acceptors (Lipinski definition) is 6. The zero-order valence-electron chi connectivity index (χ0n) is 17.9. The van der Waals surface area contributed by atoms with Gasteiger partial charge in [-0.05, 0) is 87.0 Å². The smallest absolute Gasteiger partial charge is 0.333 e. The molecule has 1 fully saturated rings. The van der Waals surface area contributed by atoms with E-state index < -0.39 is 24.4 Å². The maximum atomic E-state index is 14.0. The van der Waals surface area contributed by atoms with Crippen LogP contribution in [-0.2, 0) is 20.9 Å². The number of carbonyl (C=O) groups is 3. The van der Waals surface area contributed by atoms with Crippen molar-refractivity contribution in [3.8, 4) is 5.75 Å². The summed E-state index contributed by atoms with van der Waals surface area (Å²) in [5, 5.41) is 5.72. The van der Waals surface area contributed by atoms with E-state index in [0.29, 0.717) is 26.3 Å². The van der Waals surface area contributed by atoms with E-state index in [-0.39, 0.29) is 24.4 Å². The third-order valence-electron chi connectivity index (χ3n) is 4.99. The fourth-order valence-corrected chi connectivity index (χ4v) is 4.49. The predicted octanol–water partition coefficient (Wildman–Crippen LogP) is 5.10. The molecular formula is C23H23Br2FN2O5. The van der Waals surface area contributed by atoms with Crippen molar-refractivity contribution in [2.45, 2.75) is 45.3 Å². The molecule has 1 amide bonds. The lowest BCUT2D eigenvalue weighted by Gasteiger charge is -2.27. The van der Waals surface area contributed by atoms with Crippen LogP contribution in [-0.4, -0.2) is 30.4 Å². The van der Waals surface area contributed by atoms with Gasteiger partial charge in [-0.3, -0.25) is 9.59 Å². The highest BCUT2D eigenvalue weighted by atomic mass is 79.9. The maximum Gasteiger partial charge on any atom is 0.333 e. The van der Waals surface area contributed by atoms with Crippen molar-refractivity contribution in [2.75, 3.05) is 11.9 Å². The minimum absolute atomic E-state index is 0.0645. The Morgan fingerprint density at radius 3 is 2.36 bits per heavy atom. The molecule has 2 N–H and O–H groups in total. The highest BCUT2D eigenvalue weighted by molar-refractivity contribution is 9.11. The van der Waals surface area contributed by atoms with Crippen molar-refractivity contribution in [1.82, 2.24) is 5.32 Å². The number of halogens is 3. The van der Waals surface area contributed by atoms with E-state index in [1.54, 1.807) is 6.92 Å². The van der Waals surface area contributed by atoms with E-state index in [1.807, 2.05) is 6.07 Å². The minimum atomic E-state index is -0.838. The summed E-state index contributed by atoms with van der Waals surface area (Å²) in [7, 11) is 0. The van der Waals surface area contributed by atoms with Crippen LogP contribution in [0.15, 0.2) is 39.3 Å². The number of hydrogen-bond donors (Lipinski definition) is 2. The monoisotopic (exact) mass is 584 g/mol. The van der Waals surface area contributed by atoms with Crippen molar-refractivity contribution in [3.05, 3.63) is 56.2 Å². The summed E-state index contributed by atoms with van der Waals surface area (Å²) in [5.41, 5.74) is 1.65. The molecule has 10 heteroatoms. The largest absolute Gasteiger partial charge is 0.487 e. The predicted molar refractivity (Wildman–Crippen MR) is 128 cm³/mol. The van der Waals surface area contributed by atoms with E-state index in [0.717, 1.165) is 18.5 Å². The van der Waals surface area contributed by atoms with Crippen molar-refractivity contribution in [3.63, 3.8) is 0 Å². The Hall–Kier alpha value is -2.46. The number of esters is 2. The highest BCUT2D eigenvalue weighted by Crippen LogP contribution is 2.35. The molecule has 1 saturated carbocycles. The number of carbonyl (C=O) groups excluding carboxylic acids is 3. The molecule has 0 bridgehead atoms. The molecule has 0 unspecified atom stereocenters. The van der Waals surface area contributed by atoms with Gasteiger partial charge >= 0.3 is 11.9 Å². The molecule has 0 aromatic heterocycles. The Morgan fingerprint density at radius 1 is 1.06 bits per heavy atom. The van der Waals surface area contributed by atoms with Gasteiger partial charge < -0.3 is 20.1 Å². The molecule has 1 aliphatic rings. The third kappa shape index (κ3) is 7.26. The quantitative estimate of drug-likeness (QED) is 0.314. The van der Waals surface area contributed by atoms with Gasteiger partial charge in [-0.2, -0.15) is 0 Å². The first-order valence-electron chi connectivity index (χ1n) is 10.4. The molecule has 1 aliphatic carbocycles. The summed E-state index contributed by atoms with van der Waals surface area (Å²) in [6.45, 7) is 1.25. The van der Waals surface area contributed by atoms with Gasteiger partial charge in [-0.25, -0.2) is 9.18 Å². The summed E-state index contributed by atoms with van der Waals surface area (Å²) in [4.78, 5) is 35.0. The lowest BCUT2D eigenvalue weighted by atomic mass is 9.93. The number of rotatable bonds is 9. The molecule has 3 rings (SSSR count). The lowest BCUT2D eigenvalue weighted by molar-refractivity contribution is -0.158. The summed E-state index contributed by atoms with van der Waals surface area (Å²) in [6.07, 6.45) is 3.41. The van der Waals surface area contributed by atoms with Gasteiger partial charge in [0.15, 0.2) is 0 Å². The number of anilines is 1. The van der Waals surface area contributed by atoms with Crippen LogP contribution >= 0.6 is 31.9 Å². The summed E-state index contributed by atoms with van der Waals surface area (Å²) in [6, 6.07) is 8.19. The fourth-order valence-electron chi connectivity index (χ4n) is 3.08. The topological polar surface area (TPSA) is 93.7 Å². The first kappa shape index (κ1) is 25.2. The molecule has 0 radical (unpaired) electrons. The second-order valence-electron chi connectivity index (χ2n) is 7.56. The zero-order chi connectivity index (χ0) is 24.0. The molecule has 2 aromatic carbocycles.